The molecule has 26 heavy (non-hydrogen) atoms. The molecule has 1 aromatic rings. The van der Waals surface area contributed by atoms with Gasteiger partial charge in [-0.15, -0.1) is 11.8 Å². The first-order chi connectivity index (χ1) is 12.8. The van der Waals surface area contributed by atoms with Crippen LogP contribution in [0.4, 0.5) is 0 Å². The maximum absolute atomic E-state index is 2.94. The Morgan fingerprint density at radius 1 is 0.962 bits per heavy atom. The fraction of sp³-hybridized carbons (Fsp3) is 0.667. The van der Waals surface area contributed by atoms with E-state index in [4.69, 9.17) is 0 Å². The lowest BCUT2D eigenvalue weighted by Crippen LogP contribution is -2.58. The summed E-state index contributed by atoms with van der Waals surface area (Å²) >= 11 is 2.12. The molecule has 4 fully saturated rings. The van der Waals surface area contributed by atoms with Gasteiger partial charge in [-0.3, -0.25) is 0 Å². The van der Waals surface area contributed by atoms with Gasteiger partial charge in [0.1, 0.15) is 0 Å². The van der Waals surface area contributed by atoms with Crippen LogP contribution in [0.5, 0.6) is 0 Å². The molecule has 0 spiro atoms. The smallest absolute Gasteiger partial charge is 0.0689 e. The third-order valence-corrected chi connectivity index (χ3v) is 8.70. The van der Waals surface area contributed by atoms with Gasteiger partial charge in [0, 0.05) is 16.1 Å². The van der Waals surface area contributed by atoms with Crippen molar-refractivity contribution in [3.8, 4) is 0 Å². The van der Waals surface area contributed by atoms with Crippen LogP contribution in [0.3, 0.4) is 0 Å². The van der Waals surface area contributed by atoms with Crippen LogP contribution < -0.4 is 0 Å². The highest BCUT2D eigenvalue weighted by molar-refractivity contribution is 8.08. The molecule has 1 aromatic carbocycles. The van der Waals surface area contributed by atoms with E-state index in [1.54, 1.807) is 29.9 Å². The molecule has 0 aromatic heterocycles. The van der Waals surface area contributed by atoms with Gasteiger partial charge in [0.05, 0.1) is 5.88 Å². The quantitative estimate of drug-likeness (QED) is 0.502. The zero-order valence-electron chi connectivity index (χ0n) is 16.3. The summed E-state index contributed by atoms with van der Waals surface area (Å²) in [5, 5.41) is 0. The lowest BCUT2D eigenvalue weighted by atomic mass is 9.52. The maximum Gasteiger partial charge on any atom is 0.0689 e. The number of benzene rings is 1. The van der Waals surface area contributed by atoms with Crippen LogP contribution in [-0.4, -0.2) is 16.3 Å². The third kappa shape index (κ3) is 2.93. The summed E-state index contributed by atoms with van der Waals surface area (Å²) in [6.45, 7) is 2.33. The lowest BCUT2D eigenvalue weighted by Gasteiger charge is -2.60. The van der Waals surface area contributed by atoms with Crippen molar-refractivity contribution >= 4 is 16.7 Å². The molecule has 1 nitrogen and oxygen atoms in total. The molecule has 1 heterocycles. The van der Waals surface area contributed by atoms with Crippen molar-refractivity contribution in [1.29, 1.82) is 0 Å². The first-order valence-corrected chi connectivity index (χ1v) is 11.9. The van der Waals surface area contributed by atoms with Gasteiger partial charge in [-0.05, 0) is 74.7 Å². The van der Waals surface area contributed by atoms with Gasteiger partial charge in [0.15, 0.2) is 0 Å². The van der Waals surface area contributed by atoms with Gasteiger partial charge in [-0.2, -0.15) is 0 Å². The van der Waals surface area contributed by atoms with Crippen molar-refractivity contribution < 1.29 is 0 Å². The predicted molar refractivity (Wildman–Crippen MR) is 113 cm³/mol. The number of allylic oxidation sites excluding steroid dienone is 1. The Labute approximate surface area is 163 Å². The minimum Gasteiger partial charge on any atom is -0.359 e. The number of hydrogen-bond acceptors (Lipinski definition) is 2. The molecule has 4 aliphatic carbocycles. The highest BCUT2D eigenvalue weighted by atomic mass is 32.2. The van der Waals surface area contributed by atoms with Crippen LogP contribution in [0.1, 0.15) is 76.7 Å². The van der Waals surface area contributed by atoms with E-state index in [-0.39, 0.29) is 0 Å². The molecule has 0 atom stereocenters. The van der Waals surface area contributed by atoms with Gasteiger partial charge < -0.3 is 4.90 Å². The molecule has 0 N–H and O–H groups in total. The Bertz CT molecular complexity index is 641. The van der Waals surface area contributed by atoms with Gasteiger partial charge in [-0.25, -0.2) is 0 Å². The average Bonchev–Trinajstić information content (AvgIpc) is 3.06. The summed E-state index contributed by atoms with van der Waals surface area (Å²) < 4.78 is 0. The SMILES string of the molecule is CCCCCC1=C(c2ccccc2)SCN1C12CC3CC(CC(C3)C1)C2. The fourth-order valence-corrected chi connectivity index (χ4v) is 8.23. The summed E-state index contributed by atoms with van der Waals surface area (Å²) in [5.74, 6) is 4.30. The number of hydrogen-bond donors (Lipinski definition) is 0. The monoisotopic (exact) mass is 367 g/mol. The van der Waals surface area contributed by atoms with E-state index in [0.717, 1.165) is 17.8 Å². The minimum atomic E-state index is 0.514. The second-order valence-electron chi connectivity index (χ2n) is 9.44. The summed E-state index contributed by atoms with van der Waals surface area (Å²) in [7, 11) is 0. The van der Waals surface area contributed by atoms with Gasteiger partial charge in [-0.1, -0.05) is 50.1 Å². The Kier molecular flexibility index (Phi) is 4.59. The van der Waals surface area contributed by atoms with Crippen molar-refractivity contribution in [3.05, 3.63) is 41.6 Å². The van der Waals surface area contributed by atoms with E-state index in [1.807, 2.05) is 0 Å². The summed E-state index contributed by atoms with van der Waals surface area (Å²) in [6, 6.07) is 11.2. The third-order valence-electron chi connectivity index (χ3n) is 7.56. The largest absolute Gasteiger partial charge is 0.359 e. The Morgan fingerprint density at radius 3 is 2.23 bits per heavy atom. The normalized spacial score (nSPS) is 35.6. The van der Waals surface area contributed by atoms with Crippen molar-refractivity contribution in [2.45, 2.75) is 76.7 Å². The molecule has 0 radical (unpaired) electrons. The number of nitrogens with zero attached hydrogens (tertiary/aromatic N) is 1. The number of thioether (sulfide) groups is 1. The highest BCUT2D eigenvalue weighted by Crippen LogP contribution is 2.60. The Morgan fingerprint density at radius 2 is 1.62 bits per heavy atom. The molecule has 0 unspecified atom stereocenters. The standard InChI is InChI=1S/C24H33NS/c1-2-3-5-10-22-23(21-8-6-4-7-9-21)26-17-25(22)24-14-18-11-19(15-24)13-20(12-18)16-24/h4,6-9,18-20H,2-3,5,10-17H2,1H3. The number of unbranched alkanes of at least 4 members (excludes halogenated alkanes) is 2. The van der Waals surface area contributed by atoms with Crippen LogP contribution >= 0.6 is 11.8 Å². The van der Waals surface area contributed by atoms with Crippen molar-refractivity contribution in [1.82, 2.24) is 4.90 Å². The van der Waals surface area contributed by atoms with Gasteiger partial charge in [0.2, 0.25) is 0 Å². The van der Waals surface area contributed by atoms with Crippen LogP contribution in [0.15, 0.2) is 36.0 Å². The molecular formula is C24H33NS. The van der Waals surface area contributed by atoms with Gasteiger partial charge >= 0.3 is 0 Å². The molecule has 6 rings (SSSR count). The van der Waals surface area contributed by atoms with Crippen molar-refractivity contribution in [2.24, 2.45) is 17.8 Å². The van der Waals surface area contributed by atoms with Crippen LogP contribution in [-0.2, 0) is 0 Å². The summed E-state index contributed by atoms with van der Waals surface area (Å²) in [6.07, 6.45) is 14.4. The zero-order valence-corrected chi connectivity index (χ0v) is 17.1. The van der Waals surface area contributed by atoms with Gasteiger partial charge in [0.25, 0.3) is 0 Å². The summed E-state index contributed by atoms with van der Waals surface area (Å²) in [5.41, 5.74) is 3.67. The molecule has 5 aliphatic rings. The molecule has 0 amide bonds. The van der Waals surface area contributed by atoms with E-state index in [0.29, 0.717) is 5.54 Å². The second kappa shape index (κ2) is 6.93. The van der Waals surface area contributed by atoms with Crippen molar-refractivity contribution in [2.75, 3.05) is 5.88 Å². The predicted octanol–water partition coefficient (Wildman–Crippen LogP) is 6.91. The molecule has 0 saturated heterocycles. The van der Waals surface area contributed by atoms with E-state index in [2.05, 4.69) is 53.9 Å². The van der Waals surface area contributed by atoms with Crippen molar-refractivity contribution in [3.63, 3.8) is 0 Å². The van der Waals surface area contributed by atoms with Crippen LogP contribution in [0.2, 0.25) is 0 Å². The summed E-state index contributed by atoms with van der Waals surface area (Å²) in [4.78, 5) is 4.54. The molecule has 4 bridgehead atoms. The molecule has 4 saturated carbocycles. The van der Waals surface area contributed by atoms with Crippen LogP contribution in [0.25, 0.3) is 4.91 Å². The maximum atomic E-state index is 2.94. The van der Waals surface area contributed by atoms with E-state index in [9.17, 15) is 0 Å². The molecule has 2 heteroatoms. The topological polar surface area (TPSA) is 3.24 Å². The van der Waals surface area contributed by atoms with E-state index >= 15 is 0 Å². The zero-order chi connectivity index (χ0) is 17.6. The number of rotatable bonds is 6. The molecule has 140 valence electrons. The van der Waals surface area contributed by atoms with E-state index in [1.165, 1.54) is 56.4 Å². The average molecular weight is 368 g/mol. The van der Waals surface area contributed by atoms with E-state index < -0.39 is 0 Å². The fourth-order valence-electron chi connectivity index (χ4n) is 6.86. The molecular weight excluding hydrogens is 334 g/mol. The first-order valence-electron chi connectivity index (χ1n) is 11.0. The second-order valence-corrected chi connectivity index (χ2v) is 10.4. The lowest BCUT2D eigenvalue weighted by molar-refractivity contribution is -0.0688. The van der Waals surface area contributed by atoms with Crippen LogP contribution in [0, 0.1) is 17.8 Å². The first kappa shape index (κ1) is 17.2. The minimum absolute atomic E-state index is 0.514. The Balaban J connectivity index is 1.48. The Hall–Kier alpha value is -0.890. The molecule has 1 aliphatic heterocycles. The highest BCUT2D eigenvalue weighted by Gasteiger charge is 2.54.